The quantitative estimate of drug-likeness (QED) is 0.608. The predicted octanol–water partition coefficient (Wildman–Crippen LogP) is 3.39. The molecule has 182 valence electrons. The number of likely N-dealkylation sites (tertiary alicyclic amines) is 1. The number of nitrogens with zero attached hydrogens (tertiary/aromatic N) is 3. The third kappa shape index (κ3) is 4.01. The molecule has 7 nitrogen and oxygen atoms in total. The van der Waals surface area contributed by atoms with Crippen LogP contribution < -0.4 is 5.32 Å². The van der Waals surface area contributed by atoms with Crippen LogP contribution in [0.1, 0.15) is 34.3 Å². The minimum absolute atomic E-state index is 0.00757. The van der Waals surface area contributed by atoms with Gasteiger partial charge in [0.05, 0.1) is 23.3 Å². The van der Waals surface area contributed by atoms with E-state index in [-0.39, 0.29) is 24.0 Å². The first-order valence-electron chi connectivity index (χ1n) is 12.3. The Bertz CT molecular complexity index is 1290. The van der Waals surface area contributed by atoms with Crippen molar-refractivity contribution in [2.24, 2.45) is 0 Å². The summed E-state index contributed by atoms with van der Waals surface area (Å²) in [7, 11) is 0. The van der Waals surface area contributed by atoms with Crippen LogP contribution in [0.3, 0.4) is 0 Å². The van der Waals surface area contributed by atoms with E-state index in [9.17, 15) is 9.59 Å². The highest BCUT2D eigenvalue weighted by Gasteiger charge is 2.43. The lowest BCUT2D eigenvalue weighted by molar-refractivity contribution is -0.132. The number of ether oxygens (including phenoxy) is 1. The third-order valence-electron chi connectivity index (χ3n) is 7.72. The number of rotatable bonds is 3. The standard InChI is InChI=1S/C27H29ClN4O3/c28-20-5-6-21-22(16-32(24(21)15-20)17-25(33)30-13-9-29-10-14-30)26(34)31-11-7-27(8-12-31)23-4-2-1-3-19(23)18-35-27/h1-6,15-16,29H,7-14,17-18H2. The Kier molecular flexibility index (Phi) is 5.79. The molecule has 8 heteroatoms. The highest BCUT2D eigenvalue weighted by atomic mass is 35.5. The van der Waals surface area contributed by atoms with Gasteiger partial charge in [-0.2, -0.15) is 0 Å². The Balaban J connectivity index is 1.24. The zero-order valence-electron chi connectivity index (χ0n) is 19.6. The summed E-state index contributed by atoms with van der Waals surface area (Å²) in [5, 5.41) is 4.69. The van der Waals surface area contributed by atoms with Crippen molar-refractivity contribution < 1.29 is 14.3 Å². The van der Waals surface area contributed by atoms with Crippen LogP contribution in [0.5, 0.6) is 0 Å². The normalized spacial score (nSPS) is 19.3. The van der Waals surface area contributed by atoms with E-state index < -0.39 is 0 Å². The van der Waals surface area contributed by atoms with E-state index >= 15 is 0 Å². The fourth-order valence-corrected chi connectivity index (χ4v) is 5.93. The van der Waals surface area contributed by atoms with Gasteiger partial charge in [0.2, 0.25) is 5.91 Å². The average Bonchev–Trinajstić information content (AvgIpc) is 3.43. The number of nitrogens with one attached hydrogen (secondary N) is 1. The molecule has 1 N–H and O–H groups in total. The molecule has 0 bridgehead atoms. The zero-order valence-corrected chi connectivity index (χ0v) is 20.4. The molecule has 3 aliphatic rings. The Morgan fingerprint density at radius 1 is 1.00 bits per heavy atom. The summed E-state index contributed by atoms with van der Waals surface area (Å²) in [6.07, 6.45) is 3.39. The molecule has 6 rings (SSSR count). The second-order valence-electron chi connectivity index (χ2n) is 9.70. The maximum absolute atomic E-state index is 13.7. The van der Waals surface area contributed by atoms with E-state index in [0.717, 1.165) is 36.8 Å². The molecule has 2 fully saturated rings. The summed E-state index contributed by atoms with van der Waals surface area (Å²) >= 11 is 6.30. The zero-order chi connectivity index (χ0) is 24.0. The predicted molar refractivity (Wildman–Crippen MR) is 134 cm³/mol. The monoisotopic (exact) mass is 492 g/mol. The van der Waals surface area contributed by atoms with Crippen LogP contribution in [0.15, 0.2) is 48.7 Å². The number of hydrogen-bond acceptors (Lipinski definition) is 4. The minimum atomic E-state index is -0.287. The Morgan fingerprint density at radius 2 is 1.77 bits per heavy atom. The van der Waals surface area contributed by atoms with Crippen molar-refractivity contribution in [1.82, 2.24) is 19.7 Å². The van der Waals surface area contributed by atoms with Gasteiger partial charge in [-0.1, -0.05) is 41.9 Å². The third-order valence-corrected chi connectivity index (χ3v) is 7.96. The Morgan fingerprint density at radius 3 is 2.57 bits per heavy atom. The number of carbonyl (C=O) groups excluding carboxylic acids is 2. The molecule has 1 aromatic heterocycles. The van der Waals surface area contributed by atoms with Gasteiger partial charge < -0.3 is 24.4 Å². The Labute approximate surface area is 209 Å². The van der Waals surface area contributed by atoms with Crippen LogP contribution in [0.2, 0.25) is 5.02 Å². The van der Waals surface area contributed by atoms with Gasteiger partial charge in [0, 0.05) is 55.9 Å². The summed E-state index contributed by atoms with van der Waals surface area (Å²) in [5.74, 6) is 0.0474. The first-order valence-corrected chi connectivity index (χ1v) is 12.7. The summed E-state index contributed by atoms with van der Waals surface area (Å²) in [6, 6.07) is 13.9. The van der Waals surface area contributed by atoms with Crippen LogP contribution in [0.4, 0.5) is 0 Å². The lowest BCUT2D eigenvalue weighted by atomic mass is 9.83. The second-order valence-corrected chi connectivity index (χ2v) is 10.1. The van der Waals surface area contributed by atoms with Crippen molar-refractivity contribution in [2.75, 3.05) is 39.3 Å². The van der Waals surface area contributed by atoms with E-state index in [4.69, 9.17) is 16.3 Å². The number of halogens is 1. The fraction of sp³-hybridized carbons (Fsp3) is 0.407. The van der Waals surface area contributed by atoms with Crippen LogP contribution in [-0.4, -0.2) is 65.4 Å². The van der Waals surface area contributed by atoms with E-state index in [0.29, 0.717) is 43.4 Å². The van der Waals surface area contributed by atoms with Crippen molar-refractivity contribution >= 4 is 34.3 Å². The fourth-order valence-electron chi connectivity index (χ4n) is 5.77. The molecular formula is C27H29ClN4O3. The lowest BCUT2D eigenvalue weighted by Gasteiger charge is -2.39. The molecule has 35 heavy (non-hydrogen) atoms. The molecule has 4 heterocycles. The number of carbonyl (C=O) groups is 2. The smallest absolute Gasteiger partial charge is 0.256 e. The molecule has 0 aliphatic carbocycles. The van der Waals surface area contributed by atoms with Gasteiger partial charge in [0.1, 0.15) is 6.54 Å². The Hall–Kier alpha value is -2.87. The number of benzene rings is 2. The lowest BCUT2D eigenvalue weighted by Crippen LogP contribution is -2.47. The largest absolute Gasteiger partial charge is 0.365 e. The number of piperidine rings is 1. The van der Waals surface area contributed by atoms with Crippen molar-refractivity contribution in [3.63, 3.8) is 0 Å². The summed E-state index contributed by atoms with van der Waals surface area (Å²) in [6.45, 7) is 5.10. The van der Waals surface area contributed by atoms with Gasteiger partial charge >= 0.3 is 0 Å². The van der Waals surface area contributed by atoms with Crippen LogP contribution in [0.25, 0.3) is 10.9 Å². The maximum atomic E-state index is 13.7. The van der Waals surface area contributed by atoms with Crippen LogP contribution >= 0.6 is 11.6 Å². The summed E-state index contributed by atoms with van der Waals surface area (Å²) in [5.41, 5.74) is 3.66. The molecule has 2 amide bonds. The molecule has 0 atom stereocenters. The summed E-state index contributed by atoms with van der Waals surface area (Å²) < 4.78 is 8.15. The number of fused-ring (bicyclic) bond motifs is 3. The van der Waals surface area contributed by atoms with Gasteiger partial charge in [0.25, 0.3) is 5.91 Å². The highest BCUT2D eigenvalue weighted by molar-refractivity contribution is 6.31. The minimum Gasteiger partial charge on any atom is -0.365 e. The van der Waals surface area contributed by atoms with Crippen molar-refractivity contribution in [2.45, 2.75) is 31.6 Å². The number of piperazine rings is 1. The number of hydrogen-bond donors (Lipinski definition) is 1. The SMILES string of the molecule is O=C(Cn1cc(C(=O)N2CCC3(CC2)OCc2ccccc23)c2ccc(Cl)cc21)N1CCNCC1. The molecule has 3 aromatic rings. The van der Waals surface area contributed by atoms with Gasteiger partial charge in [-0.05, 0) is 36.1 Å². The molecule has 0 unspecified atom stereocenters. The first-order chi connectivity index (χ1) is 17.0. The first kappa shape index (κ1) is 22.6. The van der Waals surface area contributed by atoms with Gasteiger partial charge in [-0.15, -0.1) is 0 Å². The van der Waals surface area contributed by atoms with E-state index in [1.807, 2.05) is 32.7 Å². The van der Waals surface area contributed by atoms with Gasteiger partial charge in [0.15, 0.2) is 0 Å². The molecular weight excluding hydrogens is 464 g/mol. The molecule has 2 aromatic carbocycles. The highest BCUT2D eigenvalue weighted by Crippen LogP contribution is 2.44. The maximum Gasteiger partial charge on any atom is 0.256 e. The molecule has 0 saturated carbocycles. The van der Waals surface area contributed by atoms with E-state index in [2.05, 4.69) is 29.6 Å². The van der Waals surface area contributed by atoms with Crippen molar-refractivity contribution in [1.29, 1.82) is 0 Å². The molecule has 3 aliphatic heterocycles. The average molecular weight is 493 g/mol. The van der Waals surface area contributed by atoms with Gasteiger partial charge in [-0.25, -0.2) is 0 Å². The van der Waals surface area contributed by atoms with Crippen LogP contribution in [-0.2, 0) is 28.3 Å². The number of aromatic nitrogens is 1. The summed E-state index contributed by atoms with van der Waals surface area (Å²) in [4.78, 5) is 30.4. The second kappa shape index (κ2) is 8.97. The van der Waals surface area contributed by atoms with E-state index in [1.54, 1.807) is 6.07 Å². The van der Waals surface area contributed by atoms with Crippen molar-refractivity contribution in [3.05, 3.63) is 70.4 Å². The van der Waals surface area contributed by atoms with E-state index in [1.165, 1.54) is 11.1 Å². The number of amides is 2. The molecule has 0 radical (unpaired) electrons. The molecule has 2 saturated heterocycles. The van der Waals surface area contributed by atoms with Crippen molar-refractivity contribution in [3.8, 4) is 0 Å². The molecule has 1 spiro atoms. The van der Waals surface area contributed by atoms with Gasteiger partial charge in [-0.3, -0.25) is 9.59 Å². The topological polar surface area (TPSA) is 66.8 Å². The van der Waals surface area contributed by atoms with Crippen LogP contribution in [0, 0.1) is 0 Å².